The van der Waals surface area contributed by atoms with Gasteiger partial charge in [-0.15, -0.1) is 0 Å². The lowest BCUT2D eigenvalue weighted by Gasteiger charge is -2.68. The van der Waals surface area contributed by atoms with Crippen molar-refractivity contribution in [3.63, 3.8) is 0 Å². The first-order valence-corrected chi connectivity index (χ1v) is 17.0. The van der Waals surface area contributed by atoms with Gasteiger partial charge in [0.2, 0.25) is 0 Å². The molecule has 14 heteroatoms. The minimum atomic E-state index is -1.78. The molecular weight excluding hydrogens is 647 g/mol. The molecule has 5 rings (SSSR count). The van der Waals surface area contributed by atoms with Gasteiger partial charge in [-0.1, -0.05) is 58.0 Å². The first kappa shape index (κ1) is 37.8. The molecule has 1 saturated heterocycles. The van der Waals surface area contributed by atoms with Crippen molar-refractivity contribution in [2.75, 3.05) is 13.2 Å². The molecule has 0 unspecified atom stereocenters. The molecule has 2 bridgehead atoms. The number of ketones is 1. The second kappa shape index (κ2) is 13.6. The summed E-state index contributed by atoms with van der Waals surface area (Å²) in [5.41, 5.74) is 1.76. The molecule has 1 radical (unpaired) electrons. The number of nitrogens with one attached hydrogen (secondary N) is 1. The Hall–Kier alpha value is -3.43. The van der Waals surface area contributed by atoms with Gasteiger partial charge in [0.25, 0.3) is 7.41 Å². The van der Waals surface area contributed by atoms with E-state index in [0.717, 1.165) is 7.41 Å². The maximum absolute atomic E-state index is 15.2. The van der Waals surface area contributed by atoms with Crippen LogP contribution in [0, 0.1) is 28.1 Å². The summed E-state index contributed by atoms with van der Waals surface area (Å²) in [6, 6.07) is 7.51. The minimum Gasteiger partial charge on any atom is -0.460 e. The molecule has 0 spiro atoms. The summed E-state index contributed by atoms with van der Waals surface area (Å²) in [5, 5.41) is 27.2. The Morgan fingerprint density at radius 3 is 2.36 bits per heavy atom. The fourth-order valence-corrected chi connectivity index (χ4v) is 9.69. The zero-order valence-corrected chi connectivity index (χ0v) is 29.6. The van der Waals surface area contributed by atoms with Crippen LogP contribution in [-0.4, -0.2) is 96.8 Å². The number of benzene rings is 1. The minimum absolute atomic E-state index is 0.124. The lowest BCUT2D eigenvalue weighted by atomic mass is 9.40. The van der Waals surface area contributed by atoms with Crippen LogP contribution in [0.5, 0.6) is 0 Å². The van der Waals surface area contributed by atoms with E-state index in [4.69, 9.17) is 24.7 Å². The van der Waals surface area contributed by atoms with Crippen LogP contribution in [-0.2, 0) is 42.9 Å². The van der Waals surface area contributed by atoms with E-state index < -0.39 is 100 Å². The summed E-state index contributed by atoms with van der Waals surface area (Å²) < 4.78 is 23.7. The van der Waals surface area contributed by atoms with Crippen LogP contribution in [0.2, 0.25) is 0 Å². The first-order valence-electron chi connectivity index (χ1n) is 17.0. The smallest absolute Gasteiger partial charge is 0.337 e. The van der Waals surface area contributed by atoms with Crippen LogP contribution < -0.4 is 11.0 Å². The summed E-state index contributed by atoms with van der Waals surface area (Å²) in [6.07, 6.45) is -5.31. The highest BCUT2D eigenvalue weighted by Crippen LogP contribution is 2.67. The van der Waals surface area contributed by atoms with E-state index in [9.17, 15) is 29.4 Å². The second-order valence-corrected chi connectivity index (χ2v) is 15.2. The van der Waals surface area contributed by atoms with Crippen molar-refractivity contribution in [1.82, 2.24) is 5.23 Å². The molecule has 4 aliphatic rings. The van der Waals surface area contributed by atoms with E-state index in [1.807, 2.05) is 13.8 Å². The number of rotatable bonds is 10. The van der Waals surface area contributed by atoms with Gasteiger partial charge in [0.15, 0.2) is 18.0 Å². The molecule has 1 aromatic rings. The molecule has 50 heavy (non-hydrogen) atoms. The topological polar surface area (TPSA) is 201 Å². The second-order valence-electron chi connectivity index (χ2n) is 15.2. The average molecular weight is 696 g/mol. The van der Waals surface area contributed by atoms with Crippen LogP contribution in [0.25, 0.3) is 0 Å². The third kappa shape index (κ3) is 5.82. The molecule has 13 nitrogen and oxygen atoms in total. The van der Waals surface area contributed by atoms with Gasteiger partial charge < -0.3 is 44.9 Å². The molecule has 3 aliphatic carbocycles. The van der Waals surface area contributed by atoms with Gasteiger partial charge in [-0.25, -0.2) is 4.79 Å². The predicted molar refractivity (Wildman–Crippen MR) is 179 cm³/mol. The molecule has 1 aromatic carbocycles. The Labute approximate surface area is 292 Å². The molecule has 271 valence electrons. The van der Waals surface area contributed by atoms with Crippen molar-refractivity contribution in [2.45, 2.75) is 103 Å². The SMILES string of the molecule is CC(=O)O[C@H]1C(=O)[C@]2(C)[C@@H](OC(=O)CN)C[C@H]3OC[C@@]3(C)[C@H]2[C@H](C)[C@]2(O)C[C@H](OC(=O)[C@H](O)[C@@H](N[B]C=O)c3ccccc3)C(C)=C1C2(C)C. The van der Waals surface area contributed by atoms with Gasteiger partial charge in [-0.05, 0) is 42.4 Å². The van der Waals surface area contributed by atoms with Crippen molar-refractivity contribution < 1.29 is 53.1 Å². The molecule has 0 amide bonds. The fourth-order valence-electron chi connectivity index (χ4n) is 9.69. The van der Waals surface area contributed by atoms with Crippen LogP contribution in [0.15, 0.2) is 41.5 Å². The molecule has 3 fully saturated rings. The number of nitrogens with two attached hydrogens (primary N) is 1. The van der Waals surface area contributed by atoms with E-state index in [2.05, 4.69) is 5.23 Å². The van der Waals surface area contributed by atoms with Crippen molar-refractivity contribution in [3.8, 4) is 0 Å². The third-order valence-electron chi connectivity index (χ3n) is 12.3. The monoisotopic (exact) mass is 695 g/mol. The average Bonchev–Trinajstić information content (AvgIpc) is 3.06. The highest BCUT2D eigenvalue weighted by atomic mass is 16.6. The third-order valence-corrected chi connectivity index (χ3v) is 12.3. The lowest BCUT2D eigenvalue weighted by molar-refractivity contribution is -0.304. The van der Waals surface area contributed by atoms with Gasteiger partial charge >= 0.3 is 17.9 Å². The maximum Gasteiger partial charge on any atom is 0.337 e. The molecule has 0 aromatic heterocycles. The Morgan fingerprint density at radius 1 is 1.14 bits per heavy atom. The highest BCUT2D eigenvalue weighted by Gasteiger charge is 2.74. The quantitative estimate of drug-likeness (QED) is 0.0899. The normalized spacial score (nSPS) is 37.0. The van der Waals surface area contributed by atoms with Crippen molar-refractivity contribution >= 4 is 37.3 Å². The number of hydrogen-bond donors (Lipinski definition) is 4. The Morgan fingerprint density at radius 2 is 1.80 bits per heavy atom. The number of ether oxygens (including phenoxy) is 4. The Kier molecular flexibility index (Phi) is 10.3. The van der Waals surface area contributed by atoms with E-state index >= 15 is 4.79 Å². The zero-order chi connectivity index (χ0) is 37.0. The highest BCUT2D eigenvalue weighted by molar-refractivity contribution is 6.64. The van der Waals surface area contributed by atoms with Crippen LogP contribution in [0.3, 0.4) is 0 Å². The summed E-state index contributed by atoms with van der Waals surface area (Å²) >= 11 is 0. The number of esters is 3. The van der Waals surface area contributed by atoms with Gasteiger partial charge in [0.05, 0.1) is 42.5 Å². The Bertz CT molecular complexity index is 1570. The summed E-state index contributed by atoms with van der Waals surface area (Å²) in [4.78, 5) is 65.5. The molecule has 1 aliphatic heterocycles. The number of Topliss-reactive ketones (excluding diaryl/α,β-unsaturated/α-hetero) is 1. The van der Waals surface area contributed by atoms with Crippen molar-refractivity contribution in [3.05, 3.63) is 47.0 Å². The summed E-state index contributed by atoms with van der Waals surface area (Å²) in [5.74, 6) is -4.38. The standard InChI is InChI=1S/C36H48BN2O11/c1-18-22(49-32(45)28(43)27(39-37-17-40)21-11-9-8-10-12-21)14-36(46)19(2)30-34(6)16-47-23(34)13-24(50-25(42)15-38)35(30,7)31(44)29(48-20(3)41)26(18)33(36,4)5/h8-12,17,19,22-24,27-30,39,43,46H,13-16,38H2,1-7H3/t19-,22-,23+,24-,27-,28+,29+,30+,34+,35+,36+/m0/s1. The number of carbonyl (C=O) groups excluding carboxylic acids is 5. The molecule has 5 N–H and O–H groups in total. The van der Waals surface area contributed by atoms with E-state index in [-0.39, 0.29) is 25.0 Å². The van der Waals surface area contributed by atoms with Crippen LogP contribution in [0.1, 0.15) is 72.9 Å². The molecular formula is C36H48BN2O11. The maximum atomic E-state index is 15.2. The van der Waals surface area contributed by atoms with Crippen molar-refractivity contribution in [2.24, 2.45) is 33.8 Å². The number of carbonyl (C=O) groups is 5. The predicted octanol–water partition coefficient (Wildman–Crippen LogP) is 1.33. The Balaban J connectivity index is 1.65. The van der Waals surface area contributed by atoms with Crippen molar-refractivity contribution in [1.29, 1.82) is 0 Å². The van der Waals surface area contributed by atoms with Gasteiger partial charge in [-0.2, -0.15) is 0 Å². The number of hydrogen-bond acceptors (Lipinski definition) is 13. The lowest BCUT2D eigenvalue weighted by Crippen LogP contribution is -2.75. The zero-order valence-electron chi connectivity index (χ0n) is 29.6. The summed E-state index contributed by atoms with van der Waals surface area (Å²) in [6.45, 7) is 11.8. The first-order chi connectivity index (χ1) is 23.4. The largest absolute Gasteiger partial charge is 0.460 e. The van der Waals surface area contributed by atoms with Crippen LogP contribution in [0.4, 0.5) is 0 Å². The van der Waals surface area contributed by atoms with Gasteiger partial charge in [0, 0.05) is 30.6 Å². The van der Waals surface area contributed by atoms with Gasteiger partial charge in [0.1, 0.15) is 12.2 Å². The summed E-state index contributed by atoms with van der Waals surface area (Å²) in [7, 11) is 1.07. The van der Waals surface area contributed by atoms with Gasteiger partial charge in [-0.3, -0.25) is 14.4 Å². The molecule has 2 saturated carbocycles. The molecule has 1 heterocycles. The number of fused-ring (bicyclic) bond motifs is 5. The van der Waals surface area contributed by atoms with E-state index in [1.54, 1.807) is 58.0 Å². The molecule has 11 atom stereocenters. The van der Waals surface area contributed by atoms with E-state index in [0.29, 0.717) is 17.3 Å². The van der Waals surface area contributed by atoms with Crippen LogP contribution >= 0.6 is 0 Å². The van der Waals surface area contributed by atoms with E-state index in [1.165, 1.54) is 6.92 Å². The fraction of sp³-hybridized carbons (Fsp3) is 0.639. The number of aliphatic hydroxyl groups excluding tert-OH is 1. The number of aliphatic hydroxyl groups is 2.